The standard InChI is InChI=1S/C22H20N2O7/c1-15-4-6-18(30-15)12-17(14-23)21(25)28-10-8-27-9-11-29-22(26)20(24-3)13-19-7-5-16(2)31-19/h4-7,12-13H,8-11H2,1-2H3/b17-12+,20-13-. The summed E-state index contributed by atoms with van der Waals surface area (Å²) in [7, 11) is 0. The van der Waals surface area contributed by atoms with Crippen LogP contribution in [0.4, 0.5) is 0 Å². The highest BCUT2D eigenvalue weighted by molar-refractivity contribution is 5.97. The van der Waals surface area contributed by atoms with Gasteiger partial charge in [0.15, 0.2) is 0 Å². The first-order chi connectivity index (χ1) is 14.9. The fourth-order valence-electron chi connectivity index (χ4n) is 2.25. The number of hydrogen-bond acceptors (Lipinski definition) is 8. The SMILES string of the molecule is [C-]#[N+]/C(=C\c1ccc(C)o1)C(=O)OCCOCCOC(=O)/C(C#N)=C/c1ccc(C)o1. The van der Waals surface area contributed by atoms with Crippen molar-refractivity contribution in [2.75, 3.05) is 26.4 Å². The Morgan fingerprint density at radius 1 is 0.968 bits per heavy atom. The average Bonchev–Trinajstić information content (AvgIpc) is 3.36. The smallest absolute Gasteiger partial charge is 0.349 e. The van der Waals surface area contributed by atoms with Gasteiger partial charge < -0.3 is 23.0 Å². The van der Waals surface area contributed by atoms with E-state index in [4.69, 9.17) is 34.9 Å². The second kappa shape index (κ2) is 11.8. The Morgan fingerprint density at radius 3 is 2.00 bits per heavy atom. The fourth-order valence-corrected chi connectivity index (χ4v) is 2.25. The van der Waals surface area contributed by atoms with Crippen LogP contribution < -0.4 is 0 Å². The molecule has 2 aromatic rings. The molecule has 0 fully saturated rings. The molecule has 2 rings (SSSR count). The first-order valence-electron chi connectivity index (χ1n) is 9.18. The molecular weight excluding hydrogens is 404 g/mol. The van der Waals surface area contributed by atoms with Crippen LogP contribution in [0.15, 0.2) is 44.4 Å². The maximum atomic E-state index is 11.9. The number of carbonyl (C=O) groups excluding carboxylic acids is 2. The average molecular weight is 424 g/mol. The summed E-state index contributed by atoms with van der Waals surface area (Å²) in [5.74, 6) is 0.473. The zero-order valence-electron chi connectivity index (χ0n) is 17.0. The molecule has 0 aliphatic heterocycles. The molecule has 2 heterocycles. The fraction of sp³-hybridized carbons (Fsp3) is 0.273. The molecule has 0 aliphatic carbocycles. The molecule has 9 heteroatoms. The Bertz CT molecular complexity index is 976. The third-order valence-corrected chi connectivity index (χ3v) is 3.68. The van der Waals surface area contributed by atoms with Crippen molar-refractivity contribution in [3.8, 4) is 6.07 Å². The van der Waals surface area contributed by atoms with Gasteiger partial charge in [0.2, 0.25) is 0 Å². The van der Waals surface area contributed by atoms with Crippen LogP contribution >= 0.6 is 0 Å². The van der Waals surface area contributed by atoms with E-state index in [1.165, 1.54) is 12.2 Å². The predicted molar refractivity (Wildman–Crippen MR) is 108 cm³/mol. The number of aryl methyl sites for hydroxylation is 2. The van der Waals surface area contributed by atoms with Crippen molar-refractivity contribution in [3.63, 3.8) is 0 Å². The van der Waals surface area contributed by atoms with Gasteiger partial charge in [-0.2, -0.15) is 5.26 Å². The second-order valence-corrected chi connectivity index (χ2v) is 6.09. The number of ether oxygens (including phenoxy) is 3. The molecule has 0 amide bonds. The van der Waals surface area contributed by atoms with Crippen molar-refractivity contribution in [1.82, 2.24) is 0 Å². The quantitative estimate of drug-likeness (QED) is 0.187. The number of carbonyl (C=O) groups is 2. The zero-order chi connectivity index (χ0) is 22.6. The van der Waals surface area contributed by atoms with E-state index in [0.717, 1.165) is 0 Å². The molecular formula is C22H20N2O7. The van der Waals surface area contributed by atoms with Gasteiger partial charge >= 0.3 is 11.9 Å². The molecule has 0 radical (unpaired) electrons. The molecule has 0 aromatic carbocycles. The summed E-state index contributed by atoms with van der Waals surface area (Å²) < 4.78 is 25.7. The molecule has 2 aromatic heterocycles. The molecule has 9 nitrogen and oxygen atoms in total. The Kier molecular flexibility index (Phi) is 8.84. The first kappa shape index (κ1) is 23.2. The predicted octanol–water partition coefficient (Wildman–Crippen LogP) is 3.46. The van der Waals surface area contributed by atoms with Crippen molar-refractivity contribution in [2.24, 2.45) is 0 Å². The lowest BCUT2D eigenvalue weighted by molar-refractivity contribution is -0.141. The van der Waals surface area contributed by atoms with E-state index in [1.54, 1.807) is 44.2 Å². The molecule has 0 bridgehead atoms. The summed E-state index contributed by atoms with van der Waals surface area (Å²) >= 11 is 0. The van der Waals surface area contributed by atoms with E-state index < -0.39 is 11.9 Å². The van der Waals surface area contributed by atoms with Crippen molar-refractivity contribution in [1.29, 1.82) is 5.26 Å². The minimum absolute atomic E-state index is 0.0407. The van der Waals surface area contributed by atoms with Crippen LogP contribution in [0.3, 0.4) is 0 Å². The van der Waals surface area contributed by atoms with Crippen LogP contribution in [0.2, 0.25) is 0 Å². The molecule has 0 saturated carbocycles. The van der Waals surface area contributed by atoms with Crippen LogP contribution in [-0.2, 0) is 23.8 Å². The molecule has 31 heavy (non-hydrogen) atoms. The summed E-state index contributed by atoms with van der Waals surface area (Å²) in [6.07, 6.45) is 2.59. The minimum atomic E-state index is -0.799. The van der Waals surface area contributed by atoms with E-state index in [2.05, 4.69) is 4.85 Å². The molecule has 0 aliphatic rings. The highest BCUT2D eigenvalue weighted by atomic mass is 16.6. The summed E-state index contributed by atoms with van der Waals surface area (Å²) in [5.41, 5.74) is -0.417. The van der Waals surface area contributed by atoms with Gasteiger partial charge in [-0.25, -0.2) is 9.64 Å². The lowest BCUT2D eigenvalue weighted by Crippen LogP contribution is -2.15. The monoisotopic (exact) mass is 424 g/mol. The molecule has 0 N–H and O–H groups in total. The van der Waals surface area contributed by atoms with Gasteiger partial charge in [0.05, 0.1) is 19.8 Å². The number of nitrogens with zero attached hydrogens (tertiary/aromatic N) is 2. The summed E-state index contributed by atoms with van der Waals surface area (Å²) in [5, 5.41) is 9.08. The topological polar surface area (TPSA) is 116 Å². The van der Waals surface area contributed by atoms with Crippen LogP contribution in [0.25, 0.3) is 17.0 Å². The van der Waals surface area contributed by atoms with Crippen LogP contribution in [0, 0.1) is 31.8 Å². The summed E-state index contributed by atoms with van der Waals surface area (Å²) in [6.45, 7) is 10.5. The summed E-state index contributed by atoms with van der Waals surface area (Å²) in [4.78, 5) is 26.9. The molecule has 0 atom stereocenters. The Morgan fingerprint density at radius 2 is 1.52 bits per heavy atom. The van der Waals surface area contributed by atoms with Crippen molar-refractivity contribution in [2.45, 2.75) is 13.8 Å². The lowest BCUT2D eigenvalue weighted by atomic mass is 10.2. The van der Waals surface area contributed by atoms with E-state index in [1.807, 2.05) is 0 Å². The normalized spacial score (nSPS) is 11.5. The number of furan rings is 2. The van der Waals surface area contributed by atoms with Gasteiger partial charge in [-0.1, -0.05) is 0 Å². The highest BCUT2D eigenvalue weighted by Gasteiger charge is 2.13. The highest BCUT2D eigenvalue weighted by Crippen LogP contribution is 2.13. The number of nitriles is 1. The lowest BCUT2D eigenvalue weighted by Gasteiger charge is -2.06. The van der Waals surface area contributed by atoms with Crippen molar-refractivity contribution in [3.05, 3.63) is 70.0 Å². The maximum absolute atomic E-state index is 11.9. The van der Waals surface area contributed by atoms with Gasteiger partial charge in [-0.15, -0.1) is 0 Å². The van der Waals surface area contributed by atoms with Gasteiger partial charge in [0.1, 0.15) is 47.9 Å². The molecule has 0 spiro atoms. The first-order valence-corrected chi connectivity index (χ1v) is 9.18. The van der Waals surface area contributed by atoms with Crippen LogP contribution in [-0.4, -0.2) is 38.4 Å². The van der Waals surface area contributed by atoms with Crippen molar-refractivity contribution >= 4 is 24.1 Å². The van der Waals surface area contributed by atoms with Gasteiger partial charge in [0.25, 0.3) is 5.70 Å². The van der Waals surface area contributed by atoms with Gasteiger partial charge in [0, 0.05) is 6.08 Å². The van der Waals surface area contributed by atoms with E-state index in [0.29, 0.717) is 23.0 Å². The largest absolute Gasteiger partial charge is 0.468 e. The third-order valence-electron chi connectivity index (χ3n) is 3.68. The number of rotatable bonds is 10. The molecule has 0 saturated heterocycles. The van der Waals surface area contributed by atoms with Crippen LogP contribution in [0.5, 0.6) is 0 Å². The maximum Gasteiger partial charge on any atom is 0.349 e. The third kappa shape index (κ3) is 7.69. The summed E-state index contributed by atoms with van der Waals surface area (Å²) in [6, 6.07) is 8.46. The van der Waals surface area contributed by atoms with Crippen molar-refractivity contribution < 1.29 is 32.6 Å². The van der Waals surface area contributed by atoms with Crippen LogP contribution in [0.1, 0.15) is 23.0 Å². The van der Waals surface area contributed by atoms with E-state index in [-0.39, 0.29) is 37.7 Å². The molecule has 160 valence electrons. The van der Waals surface area contributed by atoms with Gasteiger partial charge in [-0.3, -0.25) is 4.79 Å². The zero-order valence-corrected chi connectivity index (χ0v) is 17.0. The second-order valence-electron chi connectivity index (χ2n) is 6.09. The van der Waals surface area contributed by atoms with Gasteiger partial charge in [-0.05, 0) is 44.2 Å². The Labute approximate surface area is 178 Å². The minimum Gasteiger partial charge on any atom is -0.468 e. The number of hydrogen-bond donors (Lipinski definition) is 0. The molecule has 0 unspecified atom stereocenters. The van der Waals surface area contributed by atoms with E-state index >= 15 is 0 Å². The Balaban J connectivity index is 1.66. The number of esters is 2. The Hall–Kier alpha value is -4.08. The van der Waals surface area contributed by atoms with E-state index in [9.17, 15) is 9.59 Å².